The van der Waals surface area contributed by atoms with Crippen LogP contribution in [0.4, 0.5) is 0 Å². The van der Waals surface area contributed by atoms with E-state index in [2.05, 4.69) is 30.1 Å². The Kier molecular flexibility index (Phi) is 4.48. The van der Waals surface area contributed by atoms with Crippen molar-refractivity contribution >= 4 is 0 Å². The van der Waals surface area contributed by atoms with Crippen LogP contribution < -0.4 is 0 Å². The summed E-state index contributed by atoms with van der Waals surface area (Å²) in [6.07, 6.45) is 3.80. The van der Waals surface area contributed by atoms with E-state index in [0.29, 0.717) is 6.42 Å². The lowest BCUT2D eigenvalue weighted by atomic mass is 10.0. The van der Waals surface area contributed by atoms with E-state index in [0.717, 1.165) is 18.5 Å². The normalized spacial score (nSPS) is 12.3. The molecule has 2 aromatic rings. The maximum atomic E-state index is 10.0. The average molecular weight is 241 g/mol. The highest BCUT2D eigenvalue weighted by molar-refractivity contribution is 5.22. The van der Waals surface area contributed by atoms with Gasteiger partial charge in [0, 0.05) is 11.9 Å². The largest absolute Gasteiger partial charge is 0.393 e. The molecule has 0 saturated heterocycles. The zero-order valence-corrected chi connectivity index (χ0v) is 10.7. The molecule has 1 unspecified atom stereocenters. The number of aromatic nitrogens is 1. The molecule has 0 fully saturated rings. The van der Waals surface area contributed by atoms with Crippen LogP contribution in [0.1, 0.15) is 23.2 Å². The molecule has 1 atom stereocenters. The Balaban J connectivity index is 1.84. The lowest BCUT2D eigenvalue weighted by Gasteiger charge is -2.10. The van der Waals surface area contributed by atoms with Gasteiger partial charge in [-0.2, -0.15) is 0 Å². The first-order chi connectivity index (χ1) is 8.74. The third kappa shape index (κ3) is 3.97. The van der Waals surface area contributed by atoms with Crippen LogP contribution in [-0.4, -0.2) is 16.2 Å². The second-order valence-electron chi connectivity index (χ2n) is 4.71. The van der Waals surface area contributed by atoms with Gasteiger partial charge in [0.05, 0.1) is 6.10 Å². The van der Waals surface area contributed by atoms with Gasteiger partial charge in [-0.25, -0.2) is 0 Å². The number of hydrogen-bond acceptors (Lipinski definition) is 2. The summed E-state index contributed by atoms with van der Waals surface area (Å²) in [5.74, 6) is 0. The molecule has 0 aliphatic carbocycles. The van der Waals surface area contributed by atoms with Gasteiger partial charge < -0.3 is 5.11 Å². The molecule has 0 radical (unpaired) electrons. The number of benzene rings is 1. The first-order valence-electron chi connectivity index (χ1n) is 6.37. The highest BCUT2D eigenvalue weighted by Gasteiger charge is 2.06. The predicted molar refractivity (Wildman–Crippen MR) is 73.4 cm³/mol. The minimum Gasteiger partial charge on any atom is -0.393 e. The topological polar surface area (TPSA) is 33.1 Å². The van der Waals surface area contributed by atoms with E-state index in [-0.39, 0.29) is 6.10 Å². The molecule has 1 heterocycles. The first-order valence-corrected chi connectivity index (χ1v) is 6.37. The van der Waals surface area contributed by atoms with Crippen molar-refractivity contribution in [3.8, 4) is 0 Å². The summed E-state index contributed by atoms with van der Waals surface area (Å²) < 4.78 is 0. The fourth-order valence-electron chi connectivity index (χ4n) is 2.07. The number of hydrogen-bond donors (Lipinski definition) is 1. The van der Waals surface area contributed by atoms with Gasteiger partial charge in [0.15, 0.2) is 0 Å². The number of nitrogens with zero attached hydrogens (tertiary/aromatic N) is 1. The fourth-order valence-corrected chi connectivity index (χ4v) is 2.07. The summed E-state index contributed by atoms with van der Waals surface area (Å²) in [6.45, 7) is 2.07. The van der Waals surface area contributed by atoms with Crippen LogP contribution in [0.15, 0.2) is 48.7 Å². The van der Waals surface area contributed by atoms with Gasteiger partial charge in [-0.05, 0) is 43.9 Å². The van der Waals surface area contributed by atoms with Gasteiger partial charge >= 0.3 is 0 Å². The number of aliphatic hydroxyl groups is 1. The maximum Gasteiger partial charge on any atom is 0.0584 e. The van der Waals surface area contributed by atoms with E-state index < -0.39 is 0 Å². The molecule has 2 nitrogen and oxygen atoms in total. The highest BCUT2D eigenvalue weighted by Crippen LogP contribution is 2.10. The van der Waals surface area contributed by atoms with Crippen molar-refractivity contribution in [3.63, 3.8) is 0 Å². The summed E-state index contributed by atoms with van der Waals surface area (Å²) >= 11 is 0. The minimum absolute atomic E-state index is 0.297. The van der Waals surface area contributed by atoms with Crippen molar-refractivity contribution < 1.29 is 5.11 Å². The first kappa shape index (κ1) is 12.8. The van der Waals surface area contributed by atoms with Crippen molar-refractivity contribution in [1.82, 2.24) is 4.98 Å². The maximum absolute atomic E-state index is 10.0. The number of pyridine rings is 1. The quantitative estimate of drug-likeness (QED) is 0.873. The zero-order valence-electron chi connectivity index (χ0n) is 10.7. The molecule has 18 heavy (non-hydrogen) atoms. The molecule has 0 amide bonds. The second kappa shape index (κ2) is 6.31. The van der Waals surface area contributed by atoms with Crippen LogP contribution in [0, 0.1) is 6.92 Å². The summed E-state index contributed by atoms with van der Waals surface area (Å²) in [4.78, 5) is 4.26. The van der Waals surface area contributed by atoms with E-state index in [4.69, 9.17) is 0 Å². The van der Waals surface area contributed by atoms with Crippen molar-refractivity contribution in [2.24, 2.45) is 0 Å². The molecule has 0 saturated carbocycles. The molecule has 2 rings (SSSR count). The fraction of sp³-hybridized carbons (Fsp3) is 0.312. The lowest BCUT2D eigenvalue weighted by Crippen LogP contribution is -2.12. The summed E-state index contributed by atoms with van der Waals surface area (Å²) in [5, 5.41) is 10.0. The molecule has 0 spiro atoms. The molecular weight excluding hydrogens is 222 g/mol. The number of aliphatic hydroxyl groups excluding tert-OH is 1. The van der Waals surface area contributed by atoms with E-state index in [1.807, 2.05) is 24.3 Å². The van der Waals surface area contributed by atoms with E-state index in [1.54, 1.807) is 6.20 Å². The van der Waals surface area contributed by atoms with Gasteiger partial charge in [-0.1, -0.05) is 35.9 Å². The Bertz CT molecular complexity index is 481. The van der Waals surface area contributed by atoms with Crippen molar-refractivity contribution in [3.05, 3.63) is 65.5 Å². The molecule has 2 heteroatoms. The van der Waals surface area contributed by atoms with Crippen molar-refractivity contribution in [1.29, 1.82) is 0 Å². The van der Waals surface area contributed by atoms with Crippen LogP contribution in [0.3, 0.4) is 0 Å². The van der Waals surface area contributed by atoms with Crippen LogP contribution in [0.25, 0.3) is 0 Å². The molecule has 0 bridgehead atoms. The summed E-state index contributed by atoms with van der Waals surface area (Å²) in [5.41, 5.74) is 3.48. The third-order valence-electron chi connectivity index (χ3n) is 3.01. The standard InChI is InChI=1S/C16H19NO/c1-13-5-4-6-14(11-13)12-16(18)9-8-15-7-2-3-10-17-15/h2-7,10-11,16,18H,8-9,12H2,1H3. The molecule has 94 valence electrons. The minimum atomic E-state index is -0.297. The number of rotatable bonds is 5. The van der Waals surface area contributed by atoms with E-state index >= 15 is 0 Å². The third-order valence-corrected chi connectivity index (χ3v) is 3.01. The van der Waals surface area contributed by atoms with E-state index in [9.17, 15) is 5.11 Å². The van der Waals surface area contributed by atoms with E-state index in [1.165, 1.54) is 11.1 Å². The predicted octanol–water partition coefficient (Wildman–Crippen LogP) is 2.93. The smallest absolute Gasteiger partial charge is 0.0584 e. The highest BCUT2D eigenvalue weighted by atomic mass is 16.3. The Morgan fingerprint density at radius 1 is 1.17 bits per heavy atom. The van der Waals surface area contributed by atoms with Crippen LogP contribution in [0.2, 0.25) is 0 Å². The molecule has 1 aromatic carbocycles. The Labute approximate surface area is 108 Å². The monoisotopic (exact) mass is 241 g/mol. The lowest BCUT2D eigenvalue weighted by molar-refractivity contribution is 0.165. The van der Waals surface area contributed by atoms with Gasteiger partial charge in [-0.3, -0.25) is 4.98 Å². The Morgan fingerprint density at radius 2 is 2.06 bits per heavy atom. The SMILES string of the molecule is Cc1cccc(CC(O)CCc2ccccn2)c1. The summed E-state index contributed by atoms with van der Waals surface area (Å²) in [6, 6.07) is 14.2. The van der Waals surface area contributed by atoms with Crippen molar-refractivity contribution in [2.75, 3.05) is 0 Å². The molecule has 1 aromatic heterocycles. The van der Waals surface area contributed by atoms with Gasteiger partial charge in [-0.15, -0.1) is 0 Å². The molecular formula is C16H19NO. The van der Waals surface area contributed by atoms with Crippen LogP contribution in [-0.2, 0) is 12.8 Å². The van der Waals surface area contributed by atoms with Gasteiger partial charge in [0.2, 0.25) is 0 Å². The van der Waals surface area contributed by atoms with Gasteiger partial charge in [0.1, 0.15) is 0 Å². The van der Waals surface area contributed by atoms with Crippen LogP contribution in [0.5, 0.6) is 0 Å². The van der Waals surface area contributed by atoms with Crippen LogP contribution >= 0.6 is 0 Å². The Hall–Kier alpha value is -1.67. The van der Waals surface area contributed by atoms with Gasteiger partial charge in [0.25, 0.3) is 0 Å². The second-order valence-corrected chi connectivity index (χ2v) is 4.71. The Morgan fingerprint density at radius 3 is 2.78 bits per heavy atom. The number of aryl methyl sites for hydroxylation is 2. The van der Waals surface area contributed by atoms with Crippen molar-refractivity contribution in [2.45, 2.75) is 32.3 Å². The summed E-state index contributed by atoms with van der Waals surface area (Å²) in [7, 11) is 0. The zero-order chi connectivity index (χ0) is 12.8. The molecule has 0 aliphatic rings. The molecule has 1 N–H and O–H groups in total. The average Bonchev–Trinajstić information content (AvgIpc) is 2.38. The molecule has 0 aliphatic heterocycles.